The number of nitro benzene ring substituents is 1. The zero-order valence-electron chi connectivity index (χ0n) is 18.2. The van der Waals surface area contributed by atoms with Crippen LogP contribution in [0.15, 0.2) is 117 Å². The van der Waals surface area contributed by atoms with Gasteiger partial charge in [0.1, 0.15) is 11.5 Å². The molecule has 174 valence electrons. The van der Waals surface area contributed by atoms with Gasteiger partial charge in [-0.15, -0.1) is 0 Å². The van der Waals surface area contributed by atoms with Crippen LogP contribution in [0, 0.1) is 10.1 Å². The van der Waals surface area contributed by atoms with Gasteiger partial charge in [0.25, 0.3) is 17.5 Å². The number of anilines is 1. The molecule has 0 radical (unpaired) electrons. The van der Waals surface area contributed by atoms with Crippen LogP contribution in [0.1, 0.15) is 16.1 Å². The van der Waals surface area contributed by atoms with E-state index in [1.807, 2.05) is 12.1 Å². The van der Waals surface area contributed by atoms with Crippen LogP contribution < -0.4 is 10.6 Å². The molecule has 1 heterocycles. The average molecular weight is 486 g/mol. The number of hydrogen-bond donors (Lipinski definition) is 2. The lowest BCUT2D eigenvalue weighted by molar-refractivity contribution is -0.384. The van der Waals surface area contributed by atoms with Gasteiger partial charge < -0.3 is 15.1 Å². The first-order valence-electron chi connectivity index (χ1n) is 10.4. The first-order valence-corrected chi connectivity index (χ1v) is 11.2. The molecule has 0 spiro atoms. The minimum absolute atomic E-state index is 0.0261. The van der Waals surface area contributed by atoms with Crippen LogP contribution in [0.5, 0.6) is 0 Å². The molecule has 35 heavy (non-hydrogen) atoms. The number of benzene rings is 3. The molecule has 0 fully saturated rings. The van der Waals surface area contributed by atoms with Gasteiger partial charge in [0.2, 0.25) is 0 Å². The van der Waals surface area contributed by atoms with Crippen molar-refractivity contribution in [2.45, 2.75) is 9.79 Å². The van der Waals surface area contributed by atoms with Crippen LogP contribution >= 0.6 is 11.8 Å². The van der Waals surface area contributed by atoms with Crippen molar-refractivity contribution < 1.29 is 18.9 Å². The molecule has 0 atom stereocenters. The van der Waals surface area contributed by atoms with E-state index in [4.69, 9.17) is 4.42 Å². The summed E-state index contributed by atoms with van der Waals surface area (Å²) in [6.45, 7) is 0. The summed E-state index contributed by atoms with van der Waals surface area (Å²) < 4.78 is 5.30. The number of carbonyl (C=O) groups excluding carboxylic acids is 2. The highest BCUT2D eigenvalue weighted by atomic mass is 32.2. The SMILES string of the molecule is O=C(Nc1ccc(Sc2ccc([N+](=O)[O-])cc2)cc1)/C(=C/c1ccco1)NC(=O)c1ccccc1. The molecule has 0 saturated heterocycles. The van der Waals surface area contributed by atoms with Gasteiger partial charge in [-0.3, -0.25) is 19.7 Å². The predicted octanol–water partition coefficient (Wildman–Crippen LogP) is 5.75. The van der Waals surface area contributed by atoms with Crippen LogP contribution in [0.4, 0.5) is 11.4 Å². The zero-order valence-corrected chi connectivity index (χ0v) is 19.0. The van der Waals surface area contributed by atoms with Crippen molar-refractivity contribution in [1.29, 1.82) is 0 Å². The smallest absolute Gasteiger partial charge is 0.272 e. The molecule has 2 N–H and O–H groups in total. The number of hydrogen-bond acceptors (Lipinski definition) is 6. The number of furan rings is 1. The number of amides is 2. The summed E-state index contributed by atoms with van der Waals surface area (Å²) in [5.74, 6) is -0.520. The summed E-state index contributed by atoms with van der Waals surface area (Å²) in [5, 5.41) is 16.2. The Morgan fingerprint density at radius 1 is 0.857 bits per heavy atom. The minimum atomic E-state index is -0.513. The first kappa shape index (κ1) is 23.5. The van der Waals surface area contributed by atoms with Gasteiger partial charge in [-0.05, 0) is 60.7 Å². The fraction of sp³-hybridized carbons (Fsp3) is 0. The molecule has 3 aromatic carbocycles. The number of nitrogens with one attached hydrogen (secondary N) is 2. The van der Waals surface area contributed by atoms with Crippen molar-refractivity contribution in [2.24, 2.45) is 0 Å². The van der Waals surface area contributed by atoms with Crippen molar-refractivity contribution >= 4 is 41.0 Å². The van der Waals surface area contributed by atoms with E-state index in [0.717, 1.165) is 9.79 Å². The highest BCUT2D eigenvalue weighted by molar-refractivity contribution is 7.99. The van der Waals surface area contributed by atoms with Crippen molar-refractivity contribution in [3.63, 3.8) is 0 Å². The first-order chi connectivity index (χ1) is 17.0. The molecule has 9 heteroatoms. The van der Waals surface area contributed by atoms with Crippen LogP contribution in [0.3, 0.4) is 0 Å². The molecule has 0 saturated carbocycles. The maximum absolute atomic E-state index is 13.0. The molecule has 0 unspecified atom stereocenters. The summed E-state index contributed by atoms with van der Waals surface area (Å²) in [5.41, 5.74) is 1.00. The Morgan fingerprint density at radius 2 is 1.51 bits per heavy atom. The number of non-ortho nitro benzene ring substituents is 1. The molecule has 0 aliphatic heterocycles. The summed E-state index contributed by atoms with van der Waals surface area (Å²) in [4.78, 5) is 37.7. The Kier molecular flexibility index (Phi) is 7.39. The van der Waals surface area contributed by atoms with Gasteiger partial charge in [0.05, 0.1) is 11.2 Å². The molecule has 4 aromatic rings. The highest BCUT2D eigenvalue weighted by Gasteiger charge is 2.16. The summed E-state index contributed by atoms with van der Waals surface area (Å²) in [7, 11) is 0. The van der Waals surface area contributed by atoms with Gasteiger partial charge in [-0.1, -0.05) is 30.0 Å². The Bertz CT molecular complexity index is 1350. The van der Waals surface area contributed by atoms with Gasteiger partial charge in [-0.2, -0.15) is 0 Å². The molecule has 2 amide bonds. The van der Waals surface area contributed by atoms with E-state index in [1.165, 1.54) is 36.2 Å². The molecular formula is C26H19N3O5S. The molecule has 1 aromatic heterocycles. The topological polar surface area (TPSA) is 114 Å². The fourth-order valence-corrected chi connectivity index (χ4v) is 3.85. The molecule has 8 nitrogen and oxygen atoms in total. The second kappa shape index (κ2) is 11.0. The number of nitrogens with zero attached hydrogens (tertiary/aromatic N) is 1. The third kappa shape index (κ3) is 6.46. The summed E-state index contributed by atoms with van der Waals surface area (Å²) >= 11 is 1.43. The van der Waals surface area contributed by atoms with E-state index >= 15 is 0 Å². The standard InChI is InChI=1S/C26H19N3O5S/c30-25(18-5-2-1-3-6-18)28-24(17-21-7-4-16-34-21)26(31)27-19-8-12-22(13-9-19)35-23-14-10-20(11-15-23)29(32)33/h1-17H,(H,27,31)(H,28,30)/b24-17-. The number of rotatable bonds is 8. The van der Waals surface area contributed by atoms with E-state index in [2.05, 4.69) is 10.6 Å². The van der Waals surface area contributed by atoms with Gasteiger partial charge in [0.15, 0.2) is 0 Å². The third-order valence-electron chi connectivity index (χ3n) is 4.75. The Labute approximate surface area is 204 Å². The molecule has 0 bridgehead atoms. The molecular weight excluding hydrogens is 466 g/mol. The predicted molar refractivity (Wildman–Crippen MR) is 133 cm³/mol. The van der Waals surface area contributed by atoms with E-state index in [0.29, 0.717) is 17.0 Å². The summed E-state index contributed by atoms with van der Waals surface area (Å²) in [6, 6.07) is 25.3. The van der Waals surface area contributed by atoms with Crippen molar-refractivity contribution in [1.82, 2.24) is 5.32 Å². The van der Waals surface area contributed by atoms with Crippen LogP contribution in [0.25, 0.3) is 6.08 Å². The Hall–Kier alpha value is -4.63. The van der Waals surface area contributed by atoms with E-state index < -0.39 is 16.7 Å². The summed E-state index contributed by atoms with van der Waals surface area (Å²) in [6.07, 6.45) is 2.93. The highest BCUT2D eigenvalue weighted by Crippen LogP contribution is 2.29. The maximum atomic E-state index is 13.0. The molecule has 4 rings (SSSR count). The molecule has 0 aliphatic rings. The van der Waals surface area contributed by atoms with Crippen LogP contribution in [-0.4, -0.2) is 16.7 Å². The lowest BCUT2D eigenvalue weighted by Crippen LogP contribution is -2.30. The Balaban J connectivity index is 1.45. The van der Waals surface area contributed by atoms with E-state index in [1.54, 1.807) is 66.7 Å². The largest absolute Gasteiger partial charge is 0.465 e. The van der Waals surface area contributed by atoms with E-state index in [9.17, 15) is 19.7 Å². The van der Waals surface area contributed by atoms with Crippen molar-refractivity contribution in [3.05, 3.63) is 124 Å². The van der Waals surface area contributed by atoms with Crippen molar-refractivity contribution in [2.75, 3.05) is 5.32 Å². The van der Waals surface area contributed by atoms with Crippen LogP contribution in [0.2, 0.25) is 0 Å². The monoisotopic (exact) mass is 485 g/mol. The lowest BCUT2D eigenvalue weighted by Gasteiger charge is -2.11. The van der Waals surface area contributed by atoms with Gasteiger partial charge in [-0.25, -0.2) is 0 Å². The lowest BCUT2D eigenvalue weighted by atomic mass is 10.2. The minimum Gasteiger partial charge on any atom is -0.465 e. The van der Waals surface area contributed by atoms with Gasteiger partial charge in [0, 0.05) is 39.3 Å². The van der Waals surface area contributed by atoms with Crippen molar-refractivity contribution in [3.8, 4) is 0 Å². The second-order valence-electron chi connectivity index (χ2n) is 7.23. The fourth-order valence-electron chi connectivity index (χ4n) is 3.03. The van der Waals surface area contributed by atoms with Crippen LogP contribution in [-0.2, 0) is 4.79 Å². The number of nitro groups is 1. The normalized spacial score (nSPS) is 11.0. The average Bonchev–Trinajstić information content (AvgIpc) is 3.39. The third-order valence-corrected chi connectivity index (χ3v) is 5.77. The van der Waals surface area contributed by atoms with Gasteiger partial charge >= 0.3 is 0 Å². The Morgan fingerprint density at radius 3 is 2.11 bits per heavy atom. The number of carbonyl (C=O) groups is 2. The second-order valence-corrected chi connectivity index (χ2v) is 8.37. The molecule has 0 aliphatic carbocycles. The maximum Gasteiger partial charge on any atom is 0.272 e. The zero-order chi connectivity index (χ0) is 24.6. The van der Waals surface area contributed by atoms with E-state index in [-0.39, 0.29) is 11.4 Å². The quantitative estimate of drug-likeness (QED) is 0.187.